The third kappa shape index (κ3) is 3.07. The molecular weight excluding hydrogens is 214 g/mol. The molecule has 0 spiro atoms. The third-order valence-electron chi connectivity index (χ3n) is 3.05. The highest BCUT2D eigenvalue weighted by molar-refractivity contribution is 5.76. The Morgan fingerprint density at radius 1 is 1.41 bits per heavy atom. The van der Waals surface area contributed by atoms with Gasteiger partial charge >= 0.3 is 0 Å². The molecule has 0 bridgehead atoms. The van der Waals surface area contributed by atoms with Crippen LogP contribution in [0.1, 0.15) is 31.4 Å². The lowest BCUT2D eigenvalue weighted by Gasteiger charge is -2.33. The van der Waals surface area contributed by atoms with Crippen LogP contribution < -0.4 is 0 Å². The highest BCUT2D eigenvalue weighted by Crippen LogP contribution is 2.22. The van der Waals surface area contributed by atoms with Crippen LogP contribution in [0.15, 0.2) is 30.3 Å². The highest BCUT2D eigenvalue weighted by atomic mass is 16.5. The van der Waals surface area contributed by atoms with Gasteiger partial charge in [-0.3, -0.25) is 4.79 Å². The van der Waals surface area contributed by atoms with E-state index in [0.717, 1.165) is 18.5 Å². The summed E-state index contributed by atoms with van der Waals surface area (Å²) in [6.45, 7) is 4.08. The summed E-state index contributed by atoms with van der Waals surface area (Å²) in [7, 11) is 0. The van der Waals surface area contributed by atoms with E-state index in [9.17, 15) is 4.79 Å². The normalized spacial score (nSPS) is 20.3. The maximum Gasteiger partial charge on any atom is 0.222 e. The van der Waals surface area contributed by atoms with E-state index in [1.54, 1.807) is 0 Å². The van der Waals surface area contributed by atoms with Crippen molar-refractivity contribution < 1.29 is 9.53 Å². The van der Waals surface area contributed by atoms with E-state index in [0.29, 0.717) is 19.6 Å². The van der Waals surface area contributed by atoms with Gasteiger partial charge in [0.2, 0.25) is 5.91 Å². The first-order valence-electron chi connectivity index (χ1n) is 6.25. The van der Waals surface area contributed by atoms with Crippen LogP contribution in [0.5, 0.6) is 0 Å². The molecule has 0 saturated carbocycles. The molecule has 92 valence electrons. The van der Waals surface area contributed by atoms with Crippen LogP contribution in [-0.4, -0.2) is 30.5 Å². The Labute approximate surface area is 102 Å². The zero-order valence-electron chi connectivity index (χ0n) is 10.3. The summed E-state index contributed by atoms with van der Waals surface area (Å²) < 4.78 is 5.73. The minimum absolute atomic E-state index is 0.0331. The van der Waals surface area contributed by atoms with Crippen LogP contribution in [0, 0.1) is 0 Å². The van der Waals surface area contributed by atoms with Gasteiger partial charge in [-0.05, 0) is 12.0 Å². The maximum absolute atomic E-state index is 11.8. The number of nitrogens with zero attached hydrogens (tertiary/aromatic N) is 1. The average Bonchev–Trinajstić information content (AvgIpc) is 2.40. The van der Waals surface area contributed by atoms with E-state index in [2.05, 4.69) is 12.1 Å². The number of carbonyl (C=O) groups is 1. The lowest BCUT2D eigenvalue weighted by molar-refractivity contribution is -0.139. The average molecular weight is 233 g/mol. The van der Waals surface area contributed by atoms with Gasteiger partial charge in [-0.15, -0.1) is 0 Å². The number of carbonyl (C=O) groups excluding carboxylic acids is 1. The second-order valence-corrected chi connectivity index (χ2v) is 4.36. The number of amides is 1. The van der Waals surface area contributed by atoms with Gasteiger partial charge in [0.1, 0.15) is 6.10 Å². The lowest BCUT2D eigenvalue weighted by atomic mass is 10.1. The zero-order chi connectivity index (χ0) is 12.1. The van der Waals surface area contributed by atoms with E-state index in [1.165, 1.54) is 0 Å². The molecule has 1 saturated heterocycles. The van der Waals surface area contributed by atoms with Crippen molar-refractivity contribution in [3.05, 3.63) is 35.9 Å². The summed E-state index contributed by atoms with van der Waals surface area (Å²) in [6, 6.07) is 10.1. The number of ether oxygens (including phenoxy) is 1. The van der Waals surface area contributed by atoms with Crippen molar-refractivity contribution in [1.29, 1.82) is 0 Å². The topological polar surface area (TPSA) is 29.5 Å². The molecule has 0 aliphatic carbocycles. The van der Waals surface area contributed by atoms with Crippen LogP contribution in [0.25, 0.3) is 0 Å². The predicted molar refractivity (Wildman–Crippen MR) is 66.6 cm³/mol. The SMILES string of the molecule is CCCC(=O)N1CCOC(c2ccccc2)C1. The van der Waals surface area contributed by atoms with Crippen LogP contribution in [0.2, 0.25) is 0 Å². The van der Waals surface area contributed by atoms with Crippen LogP contribution in [-0.2, 0) is 9.53 Å². The molecule has 2 rings (SSSR count). The Hall–Kier alpha value is -1.35. The Kier molecular flexibility index (Phi) is 4.15. The second kappa shape index (κ2) is 5.82. The molecule has 1 fully saturated rings. The minimum atomic E-state index is 0.0331. The van der Waals surface area contributed by atoms with Crippen LogP contribution in [0.3, 0.4) is 0 Å². The monoisotopic (exact) mass is 233 g/mol. The van der Waals surface area contributed by atoms with Crippen LogP contribution >= 0.6 is 0 Å². The number of morpholine rings is 1. The maximum atomic E-state index is 11.8. The molecule has 0 aromatic heterocycles. The van der Waals surface area contributed by atoms with Crippen molar-refractivity contribution in [1.82, 2.24) is 4.90 Å². The Morgan fingerprint density at radius 3 is 2.88 bits per heavy atom. The summed E-state index contributed by atoms with van der Waals surface area (Å²) in [5.74, 6) is 0.247. The molecule has 1 aliphatic heterocycles. The molecule has 3 heteroatoms. The molecule has 1 unspecified atom stereocenters. The summed E-state index contributed by atoms with van der Waals surface area (Å²) in [5, 5.41) is 0. The molecule has 1 aromatic carbocycles. The molecule has 3 nitrogen and oxygen atoms in total. The van der Waals surface area contributed by atoms with Crippen molar-refractivity contribution in [3.63, 3.8) is 0 Å². The summed E-state index contributed by atoms with van der Waals surface area (Å²) in [4.78, 5) is 13.8. The first-order chi connectivity index (χ1) is 8.31. The smallest absolute Gasteiger partial charge is 0.222 e. The van der Waals surface area contributed by atoms with Gasteiger partial charge in [-0.25, -0.2) is 0 Å². The van der Waals surface area contributed by atoms with E-state index >= 15 is 0 Å². The summed E-state index contributed by atoms with van der Waals surface area (Å²) in [5.41, 5.74) is 1.15. The molecule has 1 atom stereocenters. The molecule has 1 amide bonds. The van der Waals surface area contributed by atoms with E-state index in [1.807, 2.05) is 30.0 Å². The van der Waals surface area contributed by atoms with Crippen molar-refractivity contribution in [2.75, 3.05) is 19.7 Å². The van der Waals surface area contributed by atoms with Gasteiger partial charge in [-0.2, -0.15) is 0 Å². The zero-order valence-corrected chi connectivity index (χ0v) is 10.3. The van der Waals surface area contributed by atoms with Gasteiger partial charge in [0.15, 0.2) is 0 Å². The van der Waals surface area contributed by atoms with Crippen molar-refractivity contribution >= 4 is 5.91 Å². The fourth-order valence-electron chi connectivity index (χ4n) is 2.12. The first-order valence-corrected chi connectivity index (χ1v) is 6.25. The predicted octanol–water partition coefficient (Wildman–Crippen LogP) is 2.39. The van der Waals surface area contributed by atoms with Crippen LogP contribution in [0.4, 0.5) is 0 Å². The molecule has 0 N–H and O–H groups in total. The largest absolute Gasteiger partial charge is 0.370 e. The van der Waals surface area contributed by atoms with E-state index in [-0.39, 0.29) is 12.0 Å². The Morgan fingerprint density at radius 2 is 2.18 bits per heavy atom. The van der Waals surface area contributed by atoms with E-state index in [4.69, 9.17) is 4.74 Å². The van der Waals surface area contributed by atoms with Gasteiger partial charge in [0, 0.05) is 13.0 Å². The molecule has 1 aromatic rings. The van der Waals surface area contributed by atoms with Crippen molar-refractivity contribution in [2.24, 2.45) is 0 Å². The first kappa shape index (κ1) is 12.1. The fourth-order valence-corrected chi connectivity index (χ4v) is 2.12. The number of benzene rings is 1. The van der Waals surface area contributed by atoms with Crippen molar-refractivity contribution in [2.45, 2.75) is 25.9 Å². The molecule has 1 aliphatic rings. The van der Waals surface area contributed by atoms with E-state index < -0.39 is 0 Å². The van der Waals surface area contributed by atoms with Crippen molar-refractivity contribution in [3.8, 4) is 0 Å². The minimum Gasteiger partial charge on any atom is -0.370 e. The van der Waals surface area contributed by atoms with Gasteiger partial charge in [0.05, 0.1) is 13.2 Å². The summed E-state index contributed by atoms with van der Waals surface area (Å²) >= 11 is 0. The molecule has 0 radical (unpaired) electrons. The quantitative estimate of drug-likeness (QED) is 0.802. The lowest BCUT2D eigenvalue weighted by Crippen LogP contribution is -2.42. The van der Waals surface area contributed by atoms with Gasteiger partial charge in [0.25, 0.3) is 0 Å². The number of hydrogen-bond acceptors (Lipinski definition) is 2. The second-order valence-electron chi connectivity index (χ2n) is 4.36. The summed E-state index contributed by atoms with van der Waals surface area (Å²) in [6.07, 6.45) is 1.58. The highest BCUT2D eigenvalue weighted by Gasteiger charge is 2.24. The number of hydrogen-bond donors (Lipinski definition) is 0. The number of rotatable bonds is 3. The third-order valence-corrected chi connectivity index (χ3v) is 3.05. The molecular formula is C14H19NO2. The molecule has 17 heavy (non-hydrogen) atoms. The fraction of sp³-hybridized carbons (Fsp3) is 0.500. The standard InChI is InChI=1S/C14H19NO2/c1-2-6-14(16)15-9-10-17-13(11-15)12-7-4-3-5-8-12/h3-5,7-8,13H,2,6,9-11H2,1H3. The Balaban J connectivity index is 2.00. The Bertz CT molecular complexity index is 364. The molecule has 1 heterocycles. The van der Waals surface area contributed by atoms with Gasteiger partial charge in [-0.1, -0.05) is 37.3 Å². The van der Waals surface area contributed by atoms with Gasteiger partial charge < -0.3 is 9.64 Å².